The number of methoxy groups -OCH3 is 1. The Balaban J connectivity index is 2.16. The van der Waals surface area contributed by atoms with Crippen molar-refractivity contribution in [2.75, 3.05) is 26.5 Å². The molecule has 1 aliphatic carbocycles. The smallest absolute Gasteiger partial charge is 0.341 e. The molecule has 25 heavy (non-hydrogen) atoms. The third-order valence-corrected chi connectivity index (χ3v) is 5.84. The van der Waals surface area contributed by atoms with Gasteiger partial charge in [0.05, 0.1) is 17.6 Å². The third-order valence-electron chi connectivity index (χ3n) is 4.64. The SMILES string of the molecule is COC(=O)c1c(NC(=O)CCC2CCCC2)sc(C(=O)N(C)C)c1C. The van der Waals surface area contributed by atoms with Crippen LogP contribution in [0.2, 0.25) is 0 Å². The maximum atomic E-state index is 12.3. The fourth-order valence-corrected chi connectivity index (χ4v) is 4.41. The van der Waals surface area contributed by atoms with Gasteiger partial charge < -0.3 is 15.0 Å². The summed E-state index contributed by atoms with van der Waals surface area (Å²) in [6.07, 6.45) is 6.19. The Bertz CT molecular complexity index is 660. The van der Waals surface area contributed by atoms with Crippen LogP contribution in [0.5, 0.6) is 0 Å². The normalized spacial score (nSPS) is 14.4. The fourth-order valence-electron chi connectivity index (χ4n) is 3.18. The molecule has 6 nitrogen and oxygen atoms in total. The highest BCUT2D eigenvalue weighted by atomic mass is 32.1. The molecule has 0 aromatic carbocycles. The Morgan fingerprint density at radius 2 is 1.88 bits per heavy atom. The number of hydrogen-bond acceptors (Lipinski definition) is 5. The van der Waals surface area contributed by atoms with Gasteiger partial charge in [0.2, 0.25) is 5.91 Å². The molecule has 1 aromatic rings. The number of nitrogens with zero attached hydrogens (tertiary/aromatic N) is 1. The van der Waals surface area contributed by atoms with E-state index in [1.54, 1.807) is 21.0 Å². The van der Waals surface area contributed by atoms with Crippen LogP contribution in [0.3, 0.4) is 0 Å². The molecule has 0 aliphatic heterocycles. The van der Waals surface area contributed by atoms with Crippen molar-refractivity contribution in [3.05, 3.63) is 16.0 Å². The van der Waals surface area contributed by atoms with Crippen LogP contribution in [0.1, 0.15) is 64.1 Å². The Kier molecular flexibility index (Phi) is 6.58. The highest BCUT2D eigenvalue weighted by Gasteiger charge is 2.27. The zero-order chi connectivity index (χ0) is 18.6. The summed E-state index contributed by atoms with van der Waals surface area (Å²) in [6, 6.07) is 0. The molecule has 138 valence electrons. The van der Waals surface area contributed by atoms with Gasteiger partial charge in [-0.25, -0.2) is 4.79 Å². The van der Waals surface area contributed by atoms with Crippen molar-refractivity contribution in [1.29, 1.82) is 0 Å². The molecule has 0 saturated heterocycles. The molecule has 1 heterocycles. The molecule has 2 amide bonds. The van der Waals surface area contributed by atoms with E-state index in [0.29, 0.717) is 27.8 Å². The third kappa shape index (κ3) is 4.60. The van der Waals surface area contributed by atoms with Crippen LogP contribution in [0, 0.1) is 12.8 Å². The summed E-state index contributed by atoms with van der Waals surface area (Å²) >= 11 is 1.13. The van der Waals surface area contributed by atoms with Crippen molar-refractivity contribution in [2.45, 2.75) is 45.4 Å². The zero-order valence-electron chi connectivity index (χ0n) is 15.3. The van der Waals surface area contributed by atoms with Crippen LogP contribution < -0.4 is 5.32 Å². The van der Waals surface area contributed by atoms with Crippen molar-refractivity contribution in [1.82, 2.24) is 4.90 Å². The molecule has 2 rings (SSSR count). The van der Waals surface area contributed by atoms with Gasteiger partial charge in [-0.05, 0) is 24.8 Å². The van der Waals surface area contributed by atoms with Crippen LogP contribution in [-0.2, 0) is 9.53 Å². The number of carbonyl (C=O) groups excluding carboxylic acids is 3. The minimum Gasteiger partial charge on any atom is -0.465 e. The number of carbonyl (C=O) groups is 3. The molecule has 0 bridgehead atoms. The van der Waals surface area contributed by atoms with Gasteiger partial charge >= 0.3 is 5.97 Å². The number of thiophene rings is 1. The van der Waals surface area contributed by atoms with Crippen LogP contribution in [0.15, 0.2) is 0 Å². The molecule has 0 atom stereocenters. The fraction of sp³-hybridized carbons (Fsp3) is 0.611. The van der Waals surface area contributed by atoms with E-state index in [0.717, 1.165) is 17.8 Å². The quantitative estimate of drug-likeness (QED) is 0.783. The largest absolute Gasteiger partial charge is 0.465 e. The summed E-state index contributed by atoms with van der Waals surface area (Å²) in [4.78, 5) is 38.6. The molecule has 7 heteroatoms. The average molecular weight is 366 g/mol. The first-order valence-corrected chi connectivity index (χ1v) is 9.40. The van der Waals surface area contributed by atoms with E-state index in [2.05, 4.69) is 5.32 Å². The van der Waals surface area contributed by atoms with Gasteiger partial charge in [-0.15, -0.1) is 11.3 Å². The first-order chi connectivity index (χ1) is 11.8. The van der Waals surface area contributed by atoms with Crippen molar-refractivity contribution >= 4 is 34.1 Å². The molecule has 1 aliphatic rings. The standard InChI is InChI=1S/C18H26N2O4S/c1-11-14(18(23)24-4)16(25-15(11)17(22)20(2)3)19-13(21)10-9-12-7-5-6-8-12/h12H,5-10H2,1-4H3,(H,19,21). The van der Waals surface area contributed by atoms with Crippen LogP contribution in [0.4, 0.5) is 5.00 Å². The van der Waals surface area contributed by atoms with Gasteiger partial charge in [-0.2, -0.15) is 0 Å². The summed E-state index contributed by atoms with van der Waals surface area (Å²) in [5.41, 5.74) is 0.813. The Hall–Kier alpha value is -1.89. The highest BCUT2D eigenvalue weighted by molar-refractivity contribution is 7.18. The summed E-state index contributed by atoms with van der Waals surface area (Å²) in [6.45, 7) is 1.70. The van der Waals surface area contributed by atoms with E-state index < -0.39 is 5.97 Å². The predicted octanol–water partition coefficient (Wildman–Crippen LogP) is 3.45. The number of rotatable bonds is 6. The van der Waals surface area contributed by atoms with E-state index in [4.69, 9.17) is 4.74 Å². The monoisotopic (exact) mass is 366 g/mol. The molecular formula is C18H26N2O4S. The molecule has 1 fully saturated rings. The minimum atomic E-state index is -0.544. The van der Waals surface area contributed by atoms with Crippen molar-refractivity contribution in [3.8, 4) is 0 Å². The molecule has 1 aromatic heterocycles. The summed E-state index contributed by atoms with van der Waals surface area (Å²) in [7, 11) is 4.59. The van der Waals surface area contributed by atoms with Crippen molar-refractivity contribution in [2.24, 2.45) is 5.92 Å². The summed E-state index contributed by atoms with van der Waals surface area (Å²) in [5.74, 6) is -0.235. The Morgan fingerprint density at radius 3 is 2.44 bits per heavy atom. The van der Waals surface area contributed by atoms with Gasteiger partial charge in [0.1, 0.15) is 5.00 Å². The lowest BCUT2D eigenvalue weighted by molar-refractivity contribution is -0.116. The van der Waals surface area contributed by atoms with Crippen LogP contribution in [0.25, 0.3) is 0 Å². The lowest BCUT2D eigenvalue weighted by Gasteiger charge is -2.09. The minimum absolute atomic E-state index is 0.123. The number of esters is 1. The van der Waals surface area contributed by atoms with Gasteiger partial charge in [-0.3, -0.25) is 9.59 Å². The molecule has 1 saturated carbocycles. The topological polar surface area (TPSA) is 75.7 Å². The average Bonchev–Trinajstić information content (AvgIpc) is 3.19. The van der Waals surface area contributed by atoms with Gasteiger partial charge in [-0.1, -0.05) is 25.7 Å². The van der Waals surface area contributed by atoms with Gasteiger partial charge in [0.25, 0.3) is 5.91 Å². The number of anilines is 1. The molecule has 1 N–H and O–H groups in total. The second-order valence-electron chi connectivity index (χ2n) is 6.69. The Morgan fingerprint density at radius 1 is 1.24 bits per heavy atom. The lowest BCUT2D eigenvalue weighted by atomic mass is 10.0. The van der Waals surface area contributed by atoms with E-state index in [-0.39, 0.29) is 17.4 Å². The summed E-state index contributed by atoms with van der Waals surface area (Å²) in [5, 5.41) is 3.21. The zero-order valence-corrected chi connectivity index (χ0v) is 16.1. The first-order valence-electron chi connectivity index (χ1n) is 8.58. The van der Waals surface area contributed by atoms with E-state index >= 15 is 0 Å². The van der Waals surface area contributed by atoms with Crippen molar-refractivity contribution < 1.29 is 19.1 Å². The van der Waals surface area contributed by atoms with Gasteiger partial charge in [0, 0.05) is 20.5 Å². The number of nitrogens with one attached hydrogen (secondary N) is 1. The van der Waals surface area contributed by atoms with E-state index in [1.807, 2.05) is 0 Å². The first kappa shape index (κ1) is 19.4. The number of ether oxygens (including phenoxy) is 1. The summed E-state index contributed by atoms with van der Waals surface area (Å²) < 4.78 is 4.83. The molecule has 0 radical (unpaired) electrons. The molecule has 0 unspecified atom stereocenters. The highest BCUT2D eigenvalue weighted by Crippen LogP contribution is 2.35. The van der Waals surface area contributed by atoms with Crippen molar-refractivity contribution in [3.63, 3.8) is 0 Å². The van der Waals surface area contributed by atoms with E-state index in [1.165, 1.54) is 37.7 Å². The maximum absolute atomic E-state index is 12.3. The number of hydrogen-bond donors (Lipinski definition) is 1. The predicted molar refractivity (Wildman–Crippen MR) is 98.2 cm³/mol. The lowest BCUT2D eigenvalue weighted by Crippen LogP contribution is -2.21. The second kappa shape index (κ2) is 8.47. The maximum Gasteiger partial charge on any atom is 0.341 e. The van der Waals surface area contributed by atoms with Crippen LogP contribution in [-0.4, -0.2) is 43.9 Å². The van der Waals surface area contributed by atoms with E-state index in [9.17, 15) is 14.4 Å². The van der Waals surface area contributed by atoms with Crippen LogP contribution >= 0.6 is 11.3 Å². The number of amides is 2. The molecule has 0 spiro atoms. The Labute approximate surface area is 152 Å². The second-order valence-corrected chi connectivity index (χ2v) is 7.71. The van der Waals surface area contributed by atoms with Gasteiger partial charge in [0.15, 0.2) is 0 Å². The molecular weight excluding hydrogens is 340 g/mol.